The smallest absolute Gasteiger partial charge is 0.419 e. The number of carboxylic acids is 1. The van der Waals surface area contributed by atoms with E-state index >= 15 is 0 Å². The second-order valence-corrected chi connectivity index (χ2v) is 3.71. The van der Waals surface area contributed by atoms with Gasteiger partial charge in [0.05, 0.1) is 5.56 Å². The summed E-state index contributed by atoms with van der Waals surface area (Å²) in [5, 5.41) is 17.7. The zero-order valence-corrected chi connectivity index (χ0v) is 9.81. The van der Waals surface area contributed by atoms with Crippen LogP contribution in [0.4, 0.5) is 13.2 Å². The van der Waals surface area contributed by atoms with Gasteiger partial charge in [0.2, 0.25) is 0 Å². The van der Waals surface area contributed by atoms with E-state index in [9.17, 15) is 18.0 Å². The molecule has 0 amide bonds. The Kier molecular flexibility index (Phi) is 3.59. The Morgan fingerprint density at radius 1 is 1.30 bits per heavy atom. The van der Waals surface area contributed by atoms with Gasteiger partial charge >= 0.3 is 12.1 Å². The number of carboxylic acid groups (broad SMARTS) is 1. The van der Waals surface area contributed by atoms with Crippen molar-refractivity contribution in [3.63, 3.8) is 0 Å². The van der Waals surface area contributed by atoms with Crippen molar-refractivity contribution in [3.8, 4) is 5.75 Å². The Morgan fingerprint density at radius 3 is 2.65 bits per heavy atom. The van der Waals surface area contributed by atoms with E-state index in [1.54, 1.807) is 0 Å². The fraction of sp³-hybridized carbons (Fsp3) is 0.182. The summed E-state index contributed by atoms with van der Waals surface area (Å²) in [6.45, 7) is -0.439. The van der Waals surface area contributed by atoms with Gasteiger partial charge in [0.1, 0.15) is 18.1 Å². The molecule has 0 aliphatic rings. The van der Waals surface area contributed by atoms with Crippen molar-refractivity contribution in [2.45, 2.75) is 12.8 Å². The number of para-hydroxylation sites is 1. The van der Waals surface area contributed by atoms with Crippen LogP contribution in [0.25, 0.3) is 0 Å². The molecule has 0 fully saturated rings. The van der Waals surface area contributed by atoms with E-state index in [0.29, 0.717) is 0 Å². The molecular weight excluding hydrogens is 279 g/mol. The quantitative estimate of drug-likeness (QED) is 0.899. The third-order valence-corrected chi connectivity index (χ3v) is 2.38. The molecule has 0 spiro atoms. The maximum atomic E-state index is 12.7. The summed E-state index contributed by atoms with van der Waals surface area (Å²) in [6.07, 6.45) is -4.56. The second-order valence-electron chi connectivity index (χ2n) is 3.71. The Balaban J connectivity index is 2.20. The summed E-state index contributed by atoms with van der Waals surface area (Å²) in [4.78, 5) is 10.8. The van der Waals surface area contributed by atoms with Crippen molar-refractivity contribution in [3.05, 3.63) is 41.2 Å². The van der Waals surface area contributed by atoms with Gasteiger partial charge in [-0.3, -0.25) is 0 Å². The molecule has 0 saturated heterocycles. The Labute approximate surface area is 110 Å². The molecule has 0 aliphatic carbocycles. The van der Waals surface area contributed by atoms with E-state index in [0.717, 1.165) is 12.1 Å². The minimum atomic E-state index is -4.56. The molecule has 2 rings (SSSR count). The fourth-order valence-electron chi connectivity index (χ4n) is 1.50. The zero-order valence-electron chi connectivity index (χ0n) is 9.81. The van der Waals surface area contributed by atoms with E-state index < -0.39 is 35.8 Å². The first-order chi connectivity index (χ1) is 9.39. The molecule has 1 aromatic heterocycles. The number of nitrogens with one attached hydrogen (secondary N) is 1. The van der Waals surface area contributed by atoms with E-state index in [4.69, 9.17) is 9.84 Å². The van der Waals surface area contributed by atoms with Gasteiger partial charge in [0, 0.05) is 0 Å². The number of H-pyrrole nitrogens is 1. The maximum absolute atomic E-state index is 12.7. The van der Waals surface area contributed by atoms with Crippen LogP contribution in [0.3, 0.4) is 0 Å². The summed E-state index contributed by atoms with van der Waals surface area (Å²) in [5.74, 6) is -1.75. The molecule has 1 heterocycles. The van der Waals surface area contributed by atoms with Gasteiger partial charge in [-0.15, -0.1) is 5.10 Å². The Morgan fingerprint density at radius 2 is 2.00 bits per heavy atom. The van der Waals surface area contributed by atoms with Crippen LogP contribution in [0.2, 0.25) is 0 Å². The minimum absolute atomic E-state index is 0.0884. The highest BCUT2D eigenvalue weighted by molar-refractivity contribution is 5.86. The summed E-state index contributed by atoms with van der Waals surface area (Å²) < 4.78 is 43.1. The first-order valence-electron chi connectivity index (χ1n) is 5.31. The lowest BCUT2D eigenvalue weighted by Crippen LogP contribution is -2.10. The van der Waals surface area contributed by atoms with Crippen LogP contribution >= 0.6 is 0 Å². The lowest BCUT2D eigenvalue weighted by atomic mass is 10.2. The van der Waals surface area contributed by atoms with Crippen LogP contribution in [0, 0.1) is 0 Å². The molecule has 1 aromatic carbocycles. The largest absolute Gasteiger partial charge is 0.486 e. The second kappa shape index (κ2) is 5.19. The third kappa shape index (κ3) is 2.87. The predicted molar refractivity (Wildman–Crippen MR) is 59.1 cm³/mol. The third-order valence-electron chi connectivity index (χ3n) is 2.38. The van der Waals surface area contributed by atoms with Gasteiger partial charge in [-0.05, 0) is 12.1 Å². The average Bonchev–Trinajstić information content (AvgIpc) is 2.84. The van der Waals surface area contributed by atoms with Crippen LogP contribution in [-0.4, -0.2) is 26.5 Å². The summed E-state index contributed by atoms with van der Waals surface area (Å²) >= 11 is 0. The van der Waals surface area contributed by atoms with Crippen LogP contribution in [0.15, 0.2) is 24.3 Å². The number of ether oxygens (including phenoxy) is 1. The molecule has 0 atom stereocenters. The number of nitrogens with zero attached hydrogens (tertiary/aromatic N) is 2. The molecule has 9 heteroatoms. The first kappa shape index (κ1) is 13.8. The molecule has 106 valence electrons. The highest BCUT2D eigenvalue weighted by Crippen LogP contribution is 2.36. The molecule has 0 unspecified atom stereocenters. The number of hydrogen-bond acceptors (Lipinski definition) is 4. The molecule has 0 bridgehead atoms. The summed E-state index contributed by atoms with van der Waals surface area (Å²) in [6, 6.07) is 4.62. The highest BCUT2D eigenvalue weighted by Gasteiger charge is 2.34. The first-order valence-corrected chi connectivity index (χ1v) is 5.31. The average molecular weight is 287 g/mol. The van der Waals surface area contributed by atoms with Crippen molar-refractivity contribution in [2.75, 3.05) is 0 Å². The monoisotopic (exact) mass is 287 g/mol. The van der Waals surface area contributed by atoms with E-state index in [1.807, 2.05) is 0 Å². The fourth-order valence-corrected chi connectivity index (χ4v) is 1.50. The maximum Gasteiger partial charge on any atom is 0.419 e. The lowest BCUT2D eigenvalue weighted by Gasteiger charge is -2.12. The van der Waals surface area contributed by atoms with Crippen molar-refractivity contribution in [2.24, 2.45) is 0 Å². The normalized spacial score (nSPS) is 11.3. The number of benzene rings is 1. The zero-order chi connectivity index (χ0) is 14.8. The molecule has 0 radical (unpaired) electrons. The van der Waals surface area contributed by atoms with Gasteiger partial charge in [0.25, 0.3) is 0 Å². The number of aromatic nitrogens is 3. The molecule has 6 nitrogen and oxygen atoms in total. The van der Waals surface area contributed by atoms with E-state index in [2.05, 4.69) is 15.4 Å². The van der Waals surface area contributed by atoms with Crippen molar-refractivity contribution < 1.29 is 27.8 Å². The number of carbonyl (C=O) groups is 1. The number of rotatable bonds is 4. The number of hydrogen-bond donors (Lipinski definition) is 2. The highest BCUT2D eigenvalue weighted by atomic mass is 19.4. The van der Waals surface area contributed by atoms with E-state index in [-0.39, 0.29) is 5.69 Å². The van der Waals surface area contributed by atoms with Crippen LogP contribution in [-0.2, 0) is 12.8 Å². The SMILES string of the molecule is O=C(O)c1n[nH]nc1COc1ccccc1C(F)(F)F. The van der Waals surface area contributed by atoms with Gasteiger partial charge in [-0.2, -0.15) is 23.5 Å². The molecular formula is C11H8F3N3O3. The number of halogens is 3. The summed E-state index contributed by atoms with van der Waals surface area (Å²) in [5.41, 5.74) is -1.43. The van der Waals surface area contributed by atoms with Crippen LogP contribution < -0.4 is 4.74 Å². The number of alkyl halides is 3. The van der Waals surface area contributed by atoms with Crippen molar-refractivity contribution >= 4 is 5.97 Å². The standard InChI is InChI=1S/C11H8F3N3O3/c12-11(13,14)6-3-1-2-4-8(6)20-5-7-9(10(18)19)16-17-15-7/h1-4H,5H2,(H,18,19)(H,15,16,17). The van der Waals surface area contributed by atoms with Crippen molar-refractivity contribution in [1.82, 2.24) is 15.4 Å². The molecule has 0 aliphatic heterocycles. The number of aromatic amines is 1. The lowest BCUT2D eigenvalue weighted by molar-refractivity contribution is -0.139. The minimum Gasteiger partial charge on any atom is -0.486 e. The topological polar surface area (TPSA) is 88.1 Å². The van der Waals surface area contributed by atoms with E-state index in [1.165, 1.54) is 12.1 Å². The van der Waals surface area contributed by atoms with Gasteiger partial charge in [0.15, 0.2) is 5.69 Å². The van der Waals surface area contributed by atoms with Crippen molar-refractivity contribution in [1.29, 1.82) is 0 Å². The van der Waals surface area contributed by atoms with Gasteiger partial charge in [-0.25, -0.2) is 4.79 Å². The summed E-state index contributed by atoms with van der Waals surface area (Å²) in [7, 11) is 0. The van der Waals surface area contributed by atoms with Gasteiger partial charge < -0.3 is 9.84 Å². The van der Waals surface area contributed by atoms with Crippen LogP contribution in [0.5, 0.6) is 5.75 Å². The number of aromatic carboxylic acids is 1. The van der Waals surface area contributed by atoms with Crippen LogP contribution in [0.1, 0.15) is 21.7 Å². The molecule has 0 saturated carbocycles. The Bertz CT molecular complexity index is 625. The Hall–Kier alpha value is -2.58. The van der Waals surface area contributed by atoms with Gasteiger partial charge in [-0.1, -0.05) is 12.1 Å². The predicted octanol–water partition coefficient (Wildman–Crippen LogP) is 2.10. The molecule has 20 heavy (non-hydrogen) atoms. The molecule has 2 aromatic rings. The molecule has 2 N–H and O–H groups in total.